The summed E-state index contributed by atoms with van der Waals surface area (Å²) in [4.78, 5) is 0. The van der Waals surface area contributed by atoms with Crippen molar-refractivity contribution >= 4 is 28.2 Å². The van der Waals surface area contributed by atoms with Gasteiger partial charge < -0.3 is 0 Å². The molecule has 0 saturated heterocycles. The van der Waals surface area contributed by atoms with Crippen LogP contribution in [0.25, 0.3) is 5.03 Å². The van der Waals surface area contributed by atoms with Crippen LogP contribution in [0.2, 0.25) is 5.02 Å². The molecular weight excluding hydrogens is 191 g/mol. The number of benzene rings is 1. The van der Waals surface area contributed by atoms with Crippen LogP contribution in [0, 0.1) is 0 Å². The number of rotatable bonds is 1. The molecule has 0 aromatic heterocycles. The Balaban J connectivity index is 3.06. The highest BCUT2D eigenvalue weighted by Crippen LogP contribution is 2.23. The molecule has 0 N–H and O–H groups in total. The maximum Gasteiger partial charge on any atom is 0.0464 e. The number of hydrogen-bond donors (Lipinski definition) is 0. The molecule has 0 bridgehead atoms. The minimum Gasteiger partial charge on any atom is -0.0843 e. The molecule has 12 heavy (non-hydrogen) atoms. The van der Waals surface area contributed by atoms with Crippen LogP contribution in [-0.4, -0.2) is 0 Å². The third-order valence-electron chi connectivity index (χ3n) is 1.54. The Bertz CT molecular complexity index is 292. The quantitative estimate of drug-likeness (QED) is 0.634. The lowest BCUT2D eigenvalue weighted by Crippen LogP contribution is -1.78. The zero-order chi connectivity index (χ0) is 9.14. The van der Waals surface area contributed by atoms with Gasteiger partial charge in [0, 0.05) is 10.1 Å². The molecule has 1 aromatic rings. The van der Waals surface area contributed by atoms with Crippen LogP contribution >= 0.6 is 23.2 Å². The molecule has 1 rings (SSSR count). The minimum atomic E-state index is 0.733. The number of halogens is 2. The van der Waals surface area contributed by atoms with Crippen molar-refractivity contribution < 1.29 is 0 Å². The molecule has 0 radical (unpaired) electrons. The zero-order valence-corrected chi connectivity index (χ0v) is 8.58. The molecule has 0 amide bonds. The normalized spacial score (nSPS) is 9.67. The monoisotopic (exact) mass is 200 g/mol. The molecule has 0 unspecified atom stereocenters. The van der Waals surface area contributed by atoms with Crippen LogP contribution in [0.4, 0.5) is 0 Å². The summed E-state index contributed by atoms with van der Waals surface area (Å²) >= 11 is 11.8. The summed E-state index contributed by atoms with van der Waals surface area (Å²) in [7, 11) is 0. The molecular formula is C10H10Cl2. The summed E-state index contributed by atoms with van der Waals surface area (Å²) in [5, 5.41) is 1.53. The van der Waals surface area contributed by atoms with E-state index in [1.54, 1.807) is 0 Å². The van der Waals surface area contributed by atoms with Crippen LogP contribution in [0.5, 0.6) is 0 Å². The highest BCUT2D eigenvalue weighted by molar-refractivity contribution is 6.49. The van der Waals surface area contributed by atoms with E-state index in [9.17, 15) is 0 Å². The fraction of sp³-hybridized carbons (Fsp3) is 0.200. The van der Waals surface area contributed by atoms with E-state index in [1.165, 1.54) is 0 Å². The predicted octanol–water partition coefficient (Wildman–Crippen LogP) is 4.33. The molecule has 0 saturated carbocycles. The summed E-state index contributed by atoms with van der Waals surface area (Å²) in [6.45, 7) is 3.97. The van der Waals surface area contributed by atoms with Crippen molar-refractivity contribution in [2.45, 2.75) is 13.8 Å². The van der Waals surface area contributed by atoms with Gasteiger partial charge in [-0.05, 0) is 31.5 Å². The van der Waals surface area contributed by atoms with Crippen LogP contribution in [-0.2, 0) is 0 Å². The lowest BCUT2D eigenvalue weighted by molar-refractivity contribution is 1.41. The average molecular weight is 201 g/mol. The highest BCUT2D eigenvalue weighted by atomic mass is 35.5. The maximum atomic E-state index is 6.03. The minimum absolute atomic E-state index is 0.733. The Hall–Kier alpha value is -0.460. The molecule has 0 aliphatic rings. The van der Waals surface area contributed by atoms with Crippen LogP contribution in [0.15, 0.2) is 29.8 Å². The Morgan fingerprint density at radius 3 is 2.00 bits per heavy atom. The average Bonchev–Trinajstić information content (AvgIpc) is 2.04. The van der Waals surface area contributed by atoms with E-state index in [4.69, 9.17) is 23.2 Å². The first kappa shape index (κ1) is 9.63. The Morgan fingerprint density at radius 2 is 1.58 bits per heavy atom. The first-order valence-electron chi connectivity index (χ1n) is 3.70. The second-order valence-corrected chi connectivity index (χ2v) is 3.64. The van der Waals surface area contributed by atoms with Crippen LogP contribution < -0.4 is 0 Å². The van der Waals surface area contributed by atoms with E-state index in [2.05, 4.69) is 0 Å². The molecule has 64 valence electrons. The zero-order valence-electron chi connectivity index (χ0n) is 7.07. The molecule has 0 spiro atoms. The standard InChI is InChI=1S/C10H10Cl2/c1-7(2)10(12)8-3-5-9(11)6-4-8/h3-6H,1-2H3. The first-order valence-corrected chi connectivity index (χ1v) is 4.46. The molecule has 0 nitrogen and oxygen atoms in total. The van der Waals surface area contributed by atoms with Crippen molar-refractivity contribution in [1.29, 1.82) is 0 Å². The first-order chi connectivity index (χ1) is 5.61. The van der Waals surface area contributed by atoms with Gasteiger partial charge in [-0.25, -0.2) is 0 Å². The van der Waals surface area contributed by atoms with E-state index in [-0.39, 0.29) is 0 Å². The molecule has 1 aromatic carbocycles. The second-order valence-electron chi connectivity index (χ2n) is 2.82. The van der Waals surface area contributed by atoms with Gasteiger partial charge in [0.1, 0.15) is 0 Å². The van der Waals surface area contributed by atoms with Gasteiger partial charge in [0.2, 0.25) is 0 Å². The van der Waals surface area contributed by atoms with Crippen molar-refractivity contribution in [2.75, 3.05) is 0 Å². The van der Waals surface area contributed by atoms with Gasteiger partial charge in [-0.2, -0.15) is 0 Å². The molecule has 0 aliphatic heterocycles. The largest absolute Gasteiger partial charge is 0.0843 e. The third-order valence-corrected chi connectivity index (χ3v) is 2.38. The number of hydrogen-bond acceptors (Lipinski definition) is 0. The van der Waals surface area contributed by atoms with Crippen LogP contribution in [0.1, 0.15) is 19.4 Å². The smallest absolute Gasteiger partial charge is 0.0464 e. The van der Waals surface area contributed by atoms with E-state index in [0.717, 1.165) is 21.2 Å². The van der Waals surface area contributed by atoms with Crippen molar-refractivity contribution in [3.8, 4) is 0 Å². The second kappa shape index (κ2) is 3.97. The fourth-order valence-corrected chi connectivity index (χ4v) is 1.14. The van der Waals surface area contributed by atoms with Gasteiger partial charge >= 0.3 is 0 Å². The highest BCUT2D eigenvalue weighted by Gasteiger charge is 1.98. The maximum absolute atomic E-state index is 6.03. The lowest BCUT2D eigenvalue weighted by Gasteiger charge is -2.00. The van der Waals surface area contributed by atoms with E-state index in [0.29, 0.717) is 0 Å². The lowest BCUT2D eigenvalue weighted by atomic mass is 10.1. The Labute approximate surface area is 82.8 Å². The van der Waals surface area contributed by atoms with Gasteiger partial charge in [-0.1, -0.05) is 40.9 Å². The molecule has 2 heteroatoms. The Morgan fingerprint density at radius 1 is 1.08 bits per heavy atom. The van der Waals surface area contributed by atoms with Gasteiger partial charge in [-0.15, -0.1) is 0 Å². The van der Waals surface area contributed by atoms with Crippen molar-refractivity contribution in [3.63, 3.8) is 0 Å². The van der Waals surface area contributed by atoms with E-state index in [1.807, 2.05) is 38.1 Å². The third kappa shape index (κ3) is 2.26. The summed E-state index contributed by atoms with van der Waals surface area (Å²) in [6.07, 6.45) is 0. The van der Waals surface area contributed by atoms with Crippen molar-refractivity contribution in [3.05, 3.63) is 40.4 Å². The summed E-state index contributed by atoms with van der Waals surface area (Å²) in [5.41, 5.74) is 2.13. The molecule has 0 fully saturated rings. The topological polar surface area (TPSA) is 0 Å². The van der Waals surface area contributed by atoms with Gasteiger partial charge in [0.05, 0.1) is 0 Å². The van der Waals surface area contributed by atoms with Gasteiger partial charge in [0.25, 0.3) is 0 Å². The summed E-state index contributed by atoms with van der Waals surface area (Å²) in [6, 6.07) is 7.50. The molecule has 0 atom stereocenters. The van der Waals surface area contributed by atoms with Crippen LogP contribution in [0.3, 0.4) is 0 Å². The van der Waals surface area contributed by atoms with Gasteiger partial charge in [-0.3, -0.25) is 0 Å². The van der Waals surface area contributed by atoms with Crippen molar-refractivity contribution in [1.82, 2.24) is 0 Å². The Kier molecular flexibility index (Phi) is 3.19. The number of allylic oxidation sites excluding steroid dienone is 1. The summed E-state index contributed by atoms with van der Waals surface area (Å²) in [5.74, 6) is 0. The molecule has 0 heterocycles. The molecule has 0 aliphatic carbocycles. The SMILES string of the molecule is CC(C)=C(Cl)c1ccc(Cl)cc1. The van der Waals surface area contributed by atoms with E-state index >= 15 is 0 Å². The van der Waals surface area contributed by atoms with Gasteiger partial charge in [0.15, 0.2) is 0 Å². The van der Waals surface area contributed by atoms with E-state index < -0.39 is 0 Å². The van der Waals surface area contributed by atoms with Crippen molar-refractivity contribution in [2.24, 2.45) is 0 Å². The summed E-state index contributed by atoms with van der Waals surface area (Å²) < 4.78 is 0. The fourth-order valence-electron chi connectivity index (χ4n) is 0.885. The predicted molar refractivity (Wildman–Crippen MR) is 55.6 cm³/mol.